The van der Waals surface area contributed by atoms with E-state index in [0.29, 0.717) is 35.7 Å². The summed E-state index contributed by atoms with van der Waals surface area (Å²) in [6, 6.07) is 0. The van der Waals surface area contributed by atoms with Crippen molar-refractivity contribution in [2.75, 3.05) is 0 Å². The van der Waals surface area contributed by atoms with E-state index in [1.807, 2.05) is 6.08 Å². The van der Waals surface area contributed by atoms with Crippen molar-refractivity contribution in [3.05, 3.63) is 35.5 Å². The number of carbonyl (C=O) groups is 2. The maximum absolute atomic E-state index is 13.0. The minimum atomic E-state index is 0.0684. The summed E-state index contributed by atoms with van der Waals surface area (Å²) in [5, 5.41) is 0. The van der Waals surface area contributed by atoms with Crippen LogP contribution >= 0.6 is 0 Å². The molecule has 0 amide bonds. The van der Waals surface area contributed by atoms with E-state index in [4.69, 9.17) is 0 Å². The fourth-order valence-corrected chi connectivity index (χ4v) is 7.14. The minimum Gasteiger partial charge on any atom is -0.295 e. The molecule has 0 unspecified atom stereocenters. The third kappa shape index (κ3) is 3.08. The van der Waals surface area contributed by atoms with Crippen LogP contribution in [0.4, 0.5) is 0 Å². The Morgan fingerprint density at radius 1 is 1.11 bits per heavy atom. The molecule has 4 aliphatic rings. The Hall–Kier alpha value is -1.44. The van der Waals surface area contributed by atoms with E-state index in [0.717, 1.165) is 50.5 Å². The van der Waals surface area contributed by atoms with E-state index in [1.165, 1.54) is 18.4 Å². The first kappa shape index (κ1) is 19.9. The molecule has 0 N–H and O–H groups in total. The first-order chi connectivity index (χ1) is 13.4. The lowest BCUT2D eigenvalue weighted by Crippen LogP contribution is -2.50. The molecule has 0 saturated heterocycles. The predicted octanol–water partition coefficient (Wildman–Crippen LogP) is 6.37. The van der Waals surface area contributed by atoms with E-state index >= 15 is 0 Å². The van der Waals surface area contributed by atoms with Crippen LogP contribution in [0.5, 0.6) is 0 Å². The second-order valence-corrected chi connectivity index (χ2v) is 10.2. The van der Waals surface area contributed by atoms with Crippen LogP contribution in [0.3, 0.4) is 0 Å². The van der Waals surface area contributed by atoms with Gasteiger partial charge in [0.05, 0.1) is 0 Å². The Morgan fingerprint density at radius 2 is 1.93 bits per heavy atom. The molecule has 0 spiro atoms. The van der Waals surface area contributed by atoms with Gasteiger partial charge in [-0.1, -0.05) is 51.0 Å². The van der Waals surface area contributed by atoms with Crippen LogP contribution in [0.2, 0.25) is 0 Å². The lowest BCUT2D eigenvalue weighted by atomic mass is 9.47. The molecule has 152 valence electrons. The van der Waals surface area contributed by atoms with Gasteiger partial charge >= 0.3 is 0 Å². The van der Waals surface area contributed by atoms with Crippen molar-refractivity contribution in [2.24, 2.45) is 28.6 Å². The number of fused-ring (bicyclic) bond motifs is 5. The van der Waals surface area contributed by atoms with E-state index in [2.05, 4.69) is 39.0 Å². The van der Waals surface area contributed by atoms with E-state index in [9.17, 15) is 9.59 Å². The van der Waals surface area contributed by atoms with E-state index in [1.54, 1.807) is 0 Å². The number of unbranched alkanes of at least 4 members (excludes halogenated alkanes) is 1. The van der Waals surface area contributed by atoms with Crippen molar-refractivity contribution >= 4 is 11.6 Å². The Morgan fingerprint density at radius 3 is 2.71 bits per heavy atom. The second-order valence-electron chi connectivity index (χ2n) is 10.2. The summed E-state index contributed by atoms with van der Waals surface area (Å²) in [6.07, 6.45) is 18.7. The van der Waals surface area contributed by atoms with Crippen LogP contribution < -0.4 is 0 Å². The van der Waals surface area contributed by atoms with Gasteiger partial charge in [0.25, 0.3) is 0 Å². The van der Waals surface area contributed by atoms with Crippen molar-refractivity contribution in [1.82, 2.24) is 0 Å². The van der Waals surface area contributed by atoms with Crippen molar-refractivity contribution in [3.8, 4) is 0 Å². The van der Waals surface area contributed by atoms with Crippen LogP contribution in [0.15, 0.2) is 35.5 Å². The second kappa shape index (κ2) is 7.43. The zero-order chi connectivity index (χ0) is 19.9. The molecule has 2 nitrogen and oxygen atoms in total. The summed E-state index contributed by atoms with van der Waals surface area (Å²) in [4.78, 5) is 25.0. The topological polar surface area (TPSA) is 34.1 Å². The number of Topliss-reactive ketones (excluding diaryl/α,β-unsaturated/α-hetero) is 1. The zero-order valence-electron chi connectivity index (χ0n) is 17.9. The Kier molecular flexibility index (Phi) is 5.27. The van der Waals surface area contributed by atoms with Crippen LogP contribution in [0.25, 0.3) is 0 Å². The lowest BCUT2D eigenvalue weighted by Gasteiger charge is -2.57. The molecule has 0 aromatic heterocycles. The third-order valence-corrected chi connectivity index (χ3v) is 8.77. The third-order valence-electron chi connectivity index (χ3n) is 8.77. The van der Waals surface area contributed by atoms with Gasteiger partial charge in [-0.05, 0) is 85.2 Å². The van der Waals surface area contributed by atoms with Gasteiger partial charge in [0.15, 0.2) is 11.6 Å². The molecular formula is C26H36O2. The summed E-state index contributed by atoms with van der Waals surface area (Å²) < 4.78 is 0. The lowest BCUT2D eigenvalue weighted by molar-refractivity contribution is -0.119. The highest BCUT2D eigenvalue weighted by Gasteiger charge is 2.57. The van der Waals surface area contributed by atoms with Crippen LogP contribution in [-0.2, 0) is 9.59 Å². The van der Waals surface area contributed by atoms with Gasteiger partial charge in [-0.2, -0.15) is 0 Å². The molecule has 0 radical (unpaired) electrons. The summed E-state index contributed by atoms with van der Waals surface area (Å²) in [7, 11) is 0. The molecule has 0 bridgehead atoms. The molecular weight excluding hydrogens is 344 g/mol. The number of rotatable bonds is 5. The van der Waals surface area contributed by atoms with E-state index in [-0.39, 0.29) is 10.8 Å². The highest BCUT2D eigenvalue weighted by molar-refractivity contribution is 5.98. The molecule has 5 atom stereocenters. The molecule has 0 aromatic rings. The smallest absolute Gasteiger partial charge is 0.162 e. The SMILES string of the molecule is CCC/C=C/CC(=O)C1=CC[C@H]2[C@@H]3CCC4=CC(=O)CC[C@]4(C)[C@H]3CC[C@]12C. The Labute approximate surface area is 170 Å². The summed E-state index contributed by atoms with van der Waals surface area (Å²) in [6.45, 7) is 6.97. The van der Waals surface area contributed by atoms with E-state index < -0.39 is 0 Å². The maximum Gasteiger partial charge on any atom is 0.162 e. The minimum absolute atomic E-state index is 0.0684. The molecule has 2 fully saturated rings. The number of hydrogen-bond donors (Lipinski definition) is 0. The first-order valence-corrected chi connectivity index (χ1v) is 11.5. The zero-order valence-corrected chi connectivity index (χ0v) is 17.9. The van der Waals surface area contributed by atoms with Crippen LogP contribution in [0.1, 0.15) is 85.0 Å². The highest BCUT2D eigenvalue weighted by Crippen LogP contribution is 2.65. The molecule has 0 aromatic carbocycles. The fraction of sp³-hybridized carbons (Fsp3) is 0.692. The fourth-order valence-electron chi connectivity index (χ4n) is 7.14. The van der Waals surface area contributed by atoms with Crippen molar-refractivity contribution < 1.29 is 9.59 Å². The number of allylic oxidation sites excluding steroid dienone is 6. The predicted molar refractivity (Wildman–Crippen MR) is 114 cm³/mol. The number of ketones is 2. The summed E-state index contributed by atoms with van der Waals surface area (Å²) in [5.41, 5.74) is 2.84. The number of carbonyl (C=O) groups excluding carboxylic acids is 2. The number of hydrogen-bond acceptors (Lipinski definition) is 2. The van der Waals surface area contributed by atoms with Gasteiger partial charge in [0.2, 0.25) is 0 Å². The summed E-state index contributed by atoms with van der Waals surface area (Å²) >= 11 is 0. The monoisotopic (exact) mass is 380 g/mol. The normalized spacial score (nSPS) is 39.8. The molecule has 0 heterocycles. The van der Waals surface area contributed by atoms with Gasteiger partial charge in [-0.15, -0.1) is 0 Å². The van der Waals surface area contributed by atoms with Gasteiger partial charge < -0.3 is 0 Å². The first-order valence-electron chi connectivity index (χ1n) is 11.5. The molecule has 4 aliphatic carbocycles. The molecule has 0 aliphatic heterocycles. The quantitative estimate of drug-likeness (QED) is 0.519. The maximum atomic E-state index is 13.0. The molecule has 2 heteroatoms. The van der Waals surface area contributed by atoms with Gasteiger partial charge in [0, 0.05) is 12.8 Å². The Bertz CT molecular complexity index is 754. The van der Waals surface area contributed by atoms with Gasteiger partial charge in [-0.3, -0.25) is 9.59 Å². The van der Waals surface area contributed by atoms with Crippen LogP contribution in [0, 0.1) is 28.6 Å². The average Bonchev–Trinajstić information content (AvgIpc) is 3.03. The highest BCUT2D eigenvalue weighted by atomic mass is 16.1. The Balaban J connectivity index is 1.52. The summed E-state index contributed by atoms with van der Waals surface area (Å²) in [5.74, 6) is 2.68. The van der Waals surface area contributed by atoms with Crippen molar-refractivity contribution in [2.45, 2.75) is 85.0 Å². The van der Waals surface area contributed by atoms with Gasteiger partial charge in [-0.25, -0.2) is 0 Å². The molecule has 4 rings (SSSR count). The average molecular weight is 381 g/mol. The van der Waals surface area contributed by atoms with Crippen molar-refractivity contribution in [3.63, 3.8) is 0 Å². The van der Waals surface area contributed by atoms with Crippen molar-refractivity contribution in [1.29, 1.82) is 0 Å². The molecule has 28 heavy (non-hydrogen) atoms. The molecule has 2 saturated carbocycles. The largest absolute Gasteiger partial charge is 0.295 e. The van der Waals surface area contributed by atoms with Crippen LogP contribution in [-0.4, -0.2) is 11.6 Å². The van der Waals surface area contributed by atoms with Gasteiger partial charge in [0.1, 0.15) is 0 Å². The standard InChI is InChI=1S/C26H36O2/c1-4-5-6-7-8-24(28)23-12-11-21-20-10-9-18-17-19(27)13-15-25(18,2)22(20)14-16-26(21,23)3/h6-7,12,17,20-22H,4-5,8-11,13-16H2,1-3H3/b7-6+/t20-,21-,22-,25-,26-/m0/s1.